The monoisotopic (exact) mass is 224 g/mol. The van der Waals surface area contributed by atoms with Crippen LogP contribution in [0.15, 0.2) is 24.3 Å². The predicted molar refractivity (Wildman–Crippen MR) is 75.1 cm³/mol. The molecule has 0 saturated heterocycles. The Labute approximate surface area is 97.5 Å². The molecule has 0 saturated carbocycles. The zero-order valence-corrected chi connectivity index (χ0v) is 12.5. The number of hydrogen-bond donors (Lipinski definition) is 0. The molecule has 0 fully saturated rings. The Bertz CT molecular complexity index is 228. The lowest BCUT2D eigenvalue weighted by atomic mass is 9.87. The second-order valence-electron chi connectivity index (χ2n) is 6.42. The van der Waals surface area contributed by atoms with Crippen molar-refractivity contribution in [3.63, 3.8) is 0 Å². The lowest BCUT2D eigenvalue weighted by molar-refractivity contribution is 0.436. The van der Waals surface area contributed by atoms with Crippen molar-refractivity contribution in [3.8, 4) is 0 Å². The first kappa shape index (κ1) is 14.7. The first-order valence-corrected chi connectivity index (χ1v) is 9.66. The molecule has 0 N–H and O–H groups in total. The molecular formula is C14H28Si. The SMILES string of the molecule is C=CC(C)(CCC=C(C)C)C[Si](C)(C)C. The zero-order chi connectivity index (χ0) is 12.1. The van der Waals surface area contributed by atoms with Crippen molar-refractivity contribution in [2.45, 2.75) is 59.3 Å². The predicted octanol–water partition coefficient (Wildman–Crippen LogP) is 5.26. The van der Waals surface area contributed by atoms with E-state index in [9.17, 15) is 0 Å². The Morgan fingerprint density at radius 3 is 2.13 bits per heavy atom. The van der Waals surface area contributed by atoms with E-state index in [0.717, 1.165) is 0 Å². The first-order valence-electron chi connectivity index (χ1n) is 5.95. The third kappa shape index (κ3) is 7.61. The lowest BCUT2D eigenvalue weighted by Gasteiger charge is -2.32. The van der Waals surface area contributed by atoms with Crippen LogP contribution in [0.5, 0.6) is 0 Å². The molecular weight excluding hydrogens is 196 g/mol. The van der Waals surface area contributed by atoms with Crippen molar-refractivity contribution in [3.05, 3.63) is 24.3 Å². The van der Waals surface area contributed by atoms with E-state index < -0.39 is 8.07 Å². The normalized spacial score (nSPS) is 15.6. The molecule has 0 aliphatic rings. The quantitative estimate of drug-likeness (QED) is 0.426. The molecule has 1 heteroatoms. The van der Waals surface area contributed by atoms with Crippen LogP contribution in [0.2, 0.25) is 25.7 Å². The third-order valence-electron chi connectivity index (χ3n) is 2.70. The molecule has 0 radical (unpaired) electrons. The van der Waals surface area contributed by atoms with Gasteiger partial charge < -0.3 is 0 Å². The van der Waals surface area contributed by atoms with Crippen LogP contribution in [-0.2, 0) is 0 Å². The maximum atomic E-state index is 4.02. The Morgan fingerprint density at radius 1 is 1.27 bits per heavy atom. The molecule has 0 nitrogen and oxygen atoms in total. The second-order valence-corrected chi connectivity index (χ2v) is 11.9. The van der Waals surface area contributed by atoms with Crippen LogP contribution in [0, 0.1) is 5.41 Å². The van der Waals surface area contributed by atoms with E-state index >= 15 is 0 Å². The molecule has 0 rings (SSSR count). The molecule has 0 bridgehead atoms. The van der Waals surface area contributed by atoms with Crippen LogP contribution in [0.1, 0.15) is 33.6 Å². The minimum Gasteiger partial charge on any atom is -0.103 e. The lowest BCUT2D eigenvalue weighted by Crippen LogP contribution is -2.29. The average Bonchev–Trinajstić information content (AvgIpc) is 2.00. The van der Waals surface area contributed by atoms with Gasteiger partial charge in [0.15, 0.2) is 0 Å². The highest BCUT2D eigenvalue weighted by molar-refractivity contribution is 6.76. The number of allylic oxidation sites excluding steroid dienone is 3. The second kappa shape index (κ2) is 5.69. The fourth-order valence-electron chi connectivity index (χ4n) is 2.16. The van der Waals surface area contributed by atoms with Gasteiger partial charge in [-0.15, -0.1) is 6.58 Å². The largest absolute Gasteiger partial charge is 0.103 e. The van der Waals surface area contributed by atoms with Crippen molar-refractivity contribution in [1.82, 2.24) is 0 Å². The summed E-state index contributed by atoms with van der Waals surface area (Å²) in [5.74, 6) is 0. The molecule has 15 heavy (non-hydrogen) atoms. The summed E-state index contributed by atoms with van der Waals surface area (Å²) in [6, 6.07) is 1.35. The van der Waals surface area contributed by atoms with E-state index in [1.807, 2.05) is 0 Å². The van der Waals surface area contributed by atoms with Crippen LogP contribution in [0.25, 0.3) is 0 Å². The standard InChI is InChI=1S/C14H28Si/c1-8-14(4,12-15(5,6)7)11-9-10-13(2)3/h8,10H,1,9,11-12H2,2-7H3. The summed E-state index contributed by atoms with van der Waals surface area (Å²) in [6.45, 7) is 18.0. The van der Waals surface area contributed by atoms with Crippen molar-refractivity contribution in [1.29, 1.82) is 0 Å². The molecule has 0 aliphatic heterocycles. The summed E-state index contributed by atoms with van der Waals surface area (Å²) in [4.78, 5) is 0. The first-order chi connectivity index (χ1) is 6.68. The molecule has 0 aromatic heterocycles. The zero-order valence-electron chi connectivity index (χ0n) is 11.5. The maximum absolute atomic E-state index is 4.02. The highest BCUT2D eigenvalue weighted by Crippen LogP contribution is 2.34. The summed E-state index contributed by atoms with van der Waals surface area (Å²) in [5.41, 5.74) is 1.77. The smallest absolute Gasteiger partial charge is 0.0451 e. The van der Waals surface area contributed by atoms with Crippen molar-refractivity contribution in [2.75, 3.05) is 0 Å². The number of rotatable bonds is 6. The Kier molecular flexibility index (Phi) is 5.58. The fraction of sp³-hybridized carbons (Fsp3) is 0.714. The summed E-state index contributed by atoms with van der Waals surface area (Å²) in [5, 5.41) is 0. The van der Waals surface area contributed by atoms with Crippen molar-refractivity contribution in [2.24, 2.45) is 5.41 Å². The van der Waals surface area contributed by atoms with Gasteiger partial charge in [0, 0.05) is 8.07 Å². The molecule has 0 spiro atoms. The van der Waals surface area contributed by atoms with Gasteiger partial charge >= 0.3 is 0 Å². The summed E-state index contributed by atoms with van der Waals surface area (Å²) < 4.78 is 0. The van der Waals surface area contributed by atoms with Gasteiger partial charge in [-0.3, -0.25) is 0 Å². The molecule has 0 amide bonds. The van der Waals surface area contributed by atoms with Gasteiger partial charge in [-0.05, 0) is 38.1 Å². The molecule has 0 aromatic rings. The molecule has 1 unspecified atom stereocenters. The number of hydrogen-bond acceptors (Lipinski definition) is 0. The van der Waals surface area contributed by atoms with E-state index in [4.69, 9.17) is 0 Å². The van der Waals surface area contributed by atoms with Gasteiger partial charge in [0.1, 0.15) is 0 Å². The molecule has 0 aromatic carbocycles. The van der Waals surface area contributed by atoms with Gasteiger partial charge in [-0.25, -0.2) is 0 Å². The van der Waals surface area contributed by atoms with Crippen LogP contribution < -0.4 is 0 Å². The van der Waals surface area contributed by atoms with E-state index in [1.165, 1.54) is 24.5 Å². The van der Waals surface area contributed by atoms with E-state index in [0.29, 0.717) is 5.41 Å². The molecule has 88 valence electrons. The van der Waals surface area contributed by atoms with Gasteiger partial charge in [0.2, 0.25) is 0 Å². The summed E-state index contributed by atoms with van der Waals surface area (Å²) in [6.07, 6.45) is 6.94. The van der Waals surface area contributed by atoms with E-state index in [-0.39, 0.29) is 0 Å². The fourth-order valence-corrected chi connectivity index (χ4v) is 4.91. The average molecular weight is 224 g/mol. The van der Waals surface area contributed by atoms with E-state index in [1.54, 1.807) is 0 Å². The Balaban J connectivity index is 4.32. The van der Waals surface area contributed by atoms with Crippen molar-refractivity contribution < 1.29 is 0 Å². The van der Waals surface area contributed by atoms with Crippen LogP contribution in [0.4, 0.5) is 0 Å². The Hall–Kier alpha value is -0.303. The molecule has 0 heterocycles. The minimum atomic E-state index is -0.983. The van der Waals surface area contributed by atoms with Gasteiger partial charge in [0.25, 0.3) is 0 Å². The maximum Gasteiger partial charge on any atom is 0.0451 e. The highest BCUT2D eigenvalue weighted by atomic mass is 28.3. The van der Waals surface area contributed by atoms with Gasteiger partial charge in [-0.2, -0.15) is 0 Å². The van der Waals surface area contributed by atoms with Crippen molar-refractivity contribution >= 4 is 8.07 Å². The van der Waals surface area contributed by atoms with Gasteiger partial charge in [-0.1, -0.05) is 44.3 Å². The van der Waals surface area contributed by atoms with Crippen LogP contribution in [-0.4, -0.2) is 8.07 Å². The topological polar surface area (TPSA) is 0 Å². The molecule has 0 aliphatic carbocycles. The van der Waals surface area contributed by atoms with Gasteiger partial charge in [0.05, 0.1) is 0 Å². The van der Waals surface area contributed by atoms with Crippen LogP contribution in [0.3, 0.4) is 0 Å². The molecule has 1 atom stereocenters. The summed E-state index contributed by atoms with van der Waals surface area (Å²) in [7, 11) is -0.983. The minimum absolute atomic E-state index is 0.344. The highest BCUT2D eigenvalue weighted by Gasteiger charge is 2.27. The Morgan fingerprint density at radius 2 is 1.80 bits per heavy atom. The third-order valence-corrected chi connectivity index (χ3v) is 4.56. The summed E-state index contributed by atoms with van der Waals surface area (Å²) >= 11 is 0. The van der Waals surface area contributed by atoms with Crippen LogP contribution >= 0.6 is 0 Å². The van der Waals surface area contributed by atoms with E-state index in [2.05, 4.69) is 59.1 Å².